The van der Waals surface area contributed by atoms with Gasteiger partial charge in [-0.05, 0) is 76.7 Å². The van der Waals surface area contributed by atoms with E-state index in [0.717, 1.165) is 48.5 Å². The standard InChI is InChI=1S/C27H32N3O4S/c1-18-16-19(10-11-23(18)35(32,33)26(2,3)4)25(31)30(5)24-20-8-6-7-9-22(20)34-27(21(24)17-29-30)12-14-28-15-13-27/h6-11,16-17,28H,12-15H2,1-5H3/q+1. The van der Waals surface area contributed by atoms with Crippen molar-refractivity contribution in [3.05, 3.63) is 64.7 Å². The fraction of sp³-hybridized carbons (Fsp3) is 0.407. The first kappa shape index (κ1) is 23.9. The second-order valence-electron chi connectivity index (χ2n) is 10.7. The average molecular weight is 495 g/mol. The van der Waals surface area contributed by atoms with E-state index in [1.54, 1.807) is 59.2 Å². The van der Waals surface area contributed by atoms with Gasteiger partial charge in [-0.15, -0.1) is 4.59 Å². The van der Waals surface area contributed by atoms with E-state index in [-0.39, 0.29) is 15.4 Å². The largest absolute Gasteiger partial charge is 0.481 e. The molecule has 0 bridgehead atoms. The van der Waals surface area contributed by atoms with Crippen molar-refractivity contribution in [2.45, 2.75) is 55.8 Å². The quantitative estimate of drug-likeness (QED) is 0.636. The van der Waals surface area contributed by atoms with Crippen molar-refractivity contribution in [1.29, 1.82) is 0 Å². The molecule has 8 heteroatoms. The van der Waals surface area contributed by atoms with Gasteiger partial charge < -0.3 is 10.1 Å². The molecular weight excluding hydrogens is 462 g/mol. The lowest BCUT2D eigenvalue weighted by Crippen LogP contribution is -2.51. The highest BCUT2D eigenvalue weighted by Crippen LogP contribution is 2.50. The lowest BCUT2D eigenvalue weighted by atomic mass is 9.80. The van der Waals surface area contributed by atoms with Gasteiger partial charge in [0.2, 0.25) is 0 Å². The Kier molecular flexibility index (Phi) is 5.36. The number of amides is 1. The minimum Gasteiger partial charge on any atom is -0.481 e. The Hall–Kier alpha value is -2.81. The lowest BCUT2D eigenvalue weighted by Gasteiger charge is -2.42. The molecule has 184 valence electrons. The summed E-state index contributed by atoms with van der Waals surface area (Å²) in [6.07, 6.45) is 3.39. The molecule has 1 unspecified atom stereocenters. The Labute approximate surface area is 207 Å². The molecule has 0 aliphatic carbocycles. The Morgan fingerprint density at radius 1 is 1.11 bits per heavy atom. The third kappa shape index (κ3) is 3.50. The predicted octanol–water partition coefficient (Wildman–Crippen LogP) is 4.08. The van der Waals surface area contributed by atoms with Crippen molar-refractivity contribution < 1.29 is 22.5 Å². The molecule has 2 aromatic rings. The number of hydrogen-bond acceptors (Lipinski definition) is 6. The summed E-state index contributed by atoms with van der Waals surface area (Å²) in [5.41, 5.74) is 3.11. The van der Waals surface area contributed by atoms with E-state index in [1.807, 2.05) is 24.3 Å². The molecule has 35 heavy (non-hydrogen) atoms. The molecule has 0 saturated carbocycles. The van der Waals surface area contributed by atoms with Gasteiger partial charge in [-0.1, -0.05) is 17.2 Å². The van der Waals surface area contributed by atoms with Crippen LogP contribution in [-0.2, 0) is 9.84 Å². The maximum Gasteiger partial charge on any atom is 0.376 e. The molecule has 1 atom stereocenters. The van der Waals surface area contributed by atoms with Crippen LogP contribution in [0.3, 0.4) is 0 Å². The van der Waals surface area contributed by atoms with Crippen molar-refractivity contribution >= 4 is 27.7 Å². The maximum absolute atomic E-state index is 14.0. The number of ether oxygens (including phenoxy) is 1. The molecule has 3 aliphatic rings. The molecule has 0 radical (unpaired) electrons. The van der Waals surface area contributed by atoms with Gasteiger partial charge in [-0.3, -0.25) is 0 Å². The van der Waals surface area contributed by atoms with E-state index in [2.05, 4.69) is 5.32 Å². The van der Waals surface area contributed by atoms with Crippen LogP contribution in [0.4, 0.5) is 0 Å². The number of para-hydroxylation sites is 1. The second-order valence-corrected chi connectivity index (χ2v) is 13.4. The van der Waals surface area contributed by atoms with E-state index in [1.165, 1.54) is 0 Å². The van der Waals surface area contributed by atoms with Crippen LogP contribution in [0.25, 0.3) is 5.70 Å². The van der Waals surface area contributed by atoms with Gasteiger partial charge in [-0.25, -0.2) is 13.2 Å². The second kappa shape index (κ2) is 7.85. The Balaban J connectivity index is 1.61. The molecule has 1 spiro atoms. The first-order valence-corrected chi connectivity index (χ1v) is 13.5. The Morgan fingerprint density at radius 2 is 1.80 bits per heavy atom. The minimum absolute atomic E-state index is 0.213. The molecule has 3 aliphatic heterocycles. The van der Waals surface area contributed by atoms with Gasteiger partial charge >= 0.3 is 5.91 Å². The number of nitrogens with one attached hydrogen (secondary N) is 1. The van der Waals surface area contributed by atoms with Crippen LogP contribution in [0.1, 0.15) is 55.1 Å². The van der Waals surface area contributed by atoms with E-state index in [0.29, 0.717) is 11.1 Å². The first-order valence-electron chi connectivity index (χ1n) is 12.0. The highest BCUT2D eigenvalue weighted by atomic mass is 32.2. The lowest BCUT2D eigenvalue weighted by molar-refractivity contribution is -0.758. The van der Waals surface area contributed by atoms with Crippen molar-refractivity contribution in [2.24, 2.45) is 5.10 Å². The number of nitrogens with zero attached hydrogens (tertiary/aromatic N) is 2. The summed E-state index contributed by atoms with van der Waals surface area (Å²) in [6, 6.07) is 12.6. The zero-order chi connectivity index (χ0) is 25.2. The van der Waals surface area contributed by atoms with Gasteiger partial charge in [-0.2, -0.15) is 0 Å². The highest BCUT2D eigenvalue weighted by molar-refractivity contribution is 7.92. The number of fused-ring (bicyclic) bond motifs is 3. The number of carbonyl (C=O) groups is 1. The zero-order valence-corrected chi connectivity index (χ0v) is 21.7. The van der Waals surface area contributed by atoms with Gasteiger partial charge in [0, 0.05) is 12.8 Å². The molecular formula is C27H32N3O4S+. The zero-order valence-electron chi connectivity index (χ0n) is 20.9. The van der Waals surface area contributed by atoms with Gasteiger partial charge in [0.25, 0.3) is 0 Å². The molecule has 5 rings (SSSR count). The molecule has 1 N–H and O–H groups in total. The van der Waals surface area contributed by atoms with Crippen LogP contribution < -0.4 is 10.1 Å². The van der Waals surface area contributed by atoms with E-state index >= 15 is 0 Å². The van der Waals surface area contributed by atoms with Crippen LogP contribution in [0.15, 0.2) is 58.0 Å². The van der Waals surface area contributed by atoms with Crippen LogP contribution in [0.2, 0.25) is 0 Å². The van der Waals surface area contributed by atoms with E-state index in [4.69, 9.17) is 9.84 Å². The SMILES string of the molecule is Cc1cc(C(=O)[N+]2(C)N=CC3=C2c2ccccc2OC32CCNCC2)ccc1S(=O)(=O)C(C)(C)C. The molecule has 1 amide bonds. The van der Waals surface area contributed by atoms with Crippen LogP contribution in [0, 0.1) is 6.92 Å². The summed E-state index contributed by atoms with van der Waals surface area (Å²) in [7, 11) is -1.74. The van der Waals surface area contributed by atoms with Crippen molar-refractivity contribution in [3.8, 4) is 5.75 Å². The first-order chi connectivity index (χ1) is 16.4. The summed E-state index contributed by atoms with van der Waals surface area (Å²) in [5, 5.41) is 8.14. The minimum atomic E-state index is -3.54. The number of carbonyl (C=O) groups excluding carboxylic acids is 1. The van der Waals surface area contributed by atoms with Crippen molar-refractivity contribution in [1.82, 2.24) is 5.32 Å². The van der Waals surface area contributed by atoms with E-state index < -0.39 is 20.2 Å². The number of benzene rings is 2. The monoisotopic (exact) mass is 494 g/mol. The predicted molar refractivity (Wildman–Crippen MR) is 136 cm³/mol. The van der Waals surface area contributed by atoms with Gasteiger partial charge in [0.15, 0.2) is 15.5 Å². The topological polar surface area (TPSA) is 84.8 Å². The number of piperidine rings is 1. The molecule has 1 saturated heterocycles. The van der Waals surface area contributed by atoms with Crippen LogP contribution in [0.5, 0.6) is 5.75 Å². The van der Waals surface area contributed by atoms with Crippen molar-refractivity contribution in [2.75, 3.05) is 20.1 Å². The molecule has 1 fully saturated rings. The molecule has 0 aromatic heterocycles. The summed E-state index contributed by atoms with van der Waals surface area (Å²) >= 11 is 0. The smallest absolute Gasteiger partial charge is 0.376 e. The number of aryl methyl sites for hydroxylation is 1. The Bertz CT molecular complexity index is 1400. The number of sulfone groups is 1. The summed E-state index contributed by atoms with van der Waals surface area (Å²) < 4.78 is 31.4. The van der Waals surface area contributed by atoms with Gasteiger partial charge in [0.1, 0.15) is 18.4 Å². The Morgan fingerprint density at radius 3 is 2.46 bits per heavy atom. The third-order valence-corrected chi connectivity index (χ3v) is 10.0. The molecule has 7 nitrogen and oxygen atoms in total. The van der Waals surface area contributed by atoms with Crippen LogP contribution in [-0.4, -0.2) is 55.6 Å². The van der Waals surface area contributed by atoms with Crippen LogP contribution >= 0.6 is 0 Å². The number of rotatable bonds is 2. The van der Waals surface area contributed by atoms with Crippen molar-refractivity contribution in [3.63, 3.8) is 0 Å². The fourth-order valence-corrected chi connectivity index (χ4v) is 6.67. The summed E-state index contributed by atoms with van der Waals surface area (Å²) in [4.78, 5) is 14.3. The van der Waals surface area contributed by atoms with E-state index in [9.17, 15) is 13.2 Å². The number of quaternary nitrogens is 1. The number of hydrogen-bond donors (Lipinski definition) is 1. The summed E-state index contributed by atoms with van der Waals surface area (Å²) in [6.45, 7) is 8.43. The third-order valence-electron chi connectivity index (χ3n) is 7.37. The highest BCUT2D eigenvalue weighted by Gasteiger charge is 2.55. The molecule has 3 heterocycles. The van der Waals surface area contributed by atoms with Gasteiger partial charge in [0.05, 0.1) is 32.6 Å². The average Bonchev–Trinajstić information content (AvgIpc) is 3.18. The fourth-order valence-electron chi connectivity index (χ4n) is 5.28. The maximum atomic E-state index is 14.0. The molecule has 2 aromatic carbocycles. The normalized spacial score (nSPS) is 23.1. The summed E-state index contributed by atoms with van der Waals surface area (Å²) in [5.74, 6) is 0.549.